The Labute approximate surface area is 174 Å². The Morgan fingerprint density at radius 3 is 2.72 bits per heavy atom. The van der Waals surface area contributed by atoms with Gasteiger partial charge in [-0.3, -0.25) is 9.89 Å². The van der Waals surface area contributed by atoms with Crippen molar-refractivity contribution in [1.82, 2.24) is 34.5 Å². The lowest BCUT2D eigenvalue weighted by molar-refractivity contribution is -0.132. The van der Waals surface area contributed by atoms with Crippen LogP contribution in [0.3, 0.4) is 0 Å². The van der Waals surface area contributed by atoms with Crippen molar-refractivity contribution in [3.05, 3.63) is 28.7 Å². The second kappa shape index (κ2) is 8.18. The number of hydrogen-bond acceptors (Lipinski definition) is 9. The molecule has 0 aliphatic carbocycles. The van der Waals surface area contributed by atoms with E-state index in [9.17, 15) is 13.2 Å². The van der Waals surface area contributed by atoms with Crippen molar-refractivity contribution in [2.75, 3.05) is 26.2 Å². The third-order valence-corrected chi connectivity index (χ3v) is 7.98. The lowest BCUT2D eigenvalue weighted by Crippen LogP contribution is -2.50. The average molecular weight is 458 g/mol. The Balaban J connectivity index is 1.29. The summed E-state index contributed by atoms with van der Waals surface area (Å²) in [5, 5.41) is 10.1. The molecule has 1 saturated heterocycles. The first-order chi connectivity index (χ1) is 13.9. The first-order valence-corrected chi connectivity index (χ1v) is 11.3. The number of amides is 1. The van der Waals surface area contributed by atoms with Gasteiger partial charge in [-0.25, -0.2) is 13.4 Å². The fourth-order valence-electron chi connectivity index (χ4n) is 2.88. The summed E-state index contributed by atoms with van der Waals surface area (Å²) in [6.07, 6.45) is 1.80. The Kier molecular flexibility index (Phi) is 5.63. The number of hydrogen-bond donors (Lipinski definition) is 1. The molecule has 29 heavy (non-hydrogen) atoms. The summed E-state index contributed by atoms with van der Waals surface area (Å²) in [5.74, 6) is 0.884. The zero-order valence-electron chi connectivity index (χ0n) is 15.0. The molecule has 154 valence electrons. The predicted molar refractivity (Wildman–Crippen MR) is 103 cm³/mol. The zero-order chi connectivity index (χ0) is 20.4. The number of halogens is 1. The summed E-state index contributed by atoms with van der Waals surface area (Å²) >= 11 is 6.87. The van der Waals surface area contributed by atoms with Crippen LogP contribution in [0, 0.1) is 0 Å². The molecule has 4 rings (SSSR count). The Bertz CT molecular complexity index is 1090. The summed E-state index contributed by atoms with van der Waals surface area (Å²) in [6.45, 7) is 1.12. The number of nitrogens with zero attached hydrogens (tertiary/aromatic N) is 6. The molecule has 11 nitrogen and oxygen atoms in total. The molecule has 3 aromatic heterocycles. The van der Waals surface area contributed by atoms with Gasteiger partial charge in [0.1, 0.15) is 10.5 Å². The summed E-state index contributed by atoms with van der Waals surface area (Å²) in [5.41, 5.74) is 0. The van der Waals surface area contributed by atoms with E-state index in [-0.39, 0.29) is 41.9 Å². The predicted octanol–water partition coefficient (Wildman–Crippen LogP) is 1.04. The first-order valence-electron chi connectivity index (χ1n) is 8.65. The van der Waals surface area contributed by atoms with Crippen molar-refractivity contribution in [2.45, 2.75) is 17.1 Å². The Morgan fingerprint density at radius 2 is 2.07 bits per heavy atom. The average Bonchev–Trinajstić information content (AvgIpc) is 3.47. The van der Waals surface area contributed by atoms with Gasteiger partial charge < -0.3 is 9.42 Å². The van der Waals surface area contributed by atoms with Crippen LogP contribution >= 0.6 is 22.9 Å². The smallest absolute Gasteiger partial charge is 0.252 e. The van der Waals surface area contributed by atoms with E-state index in [0.29, 0.717) is 29.1 Å². The minimum atomic E-state index is -3.58. The number of aromatic amines is 1. The quantitative estimate of drug-likeness (QED) is 0.579. The van der Waals surface area contributed by atoms with E-state index < -0.39 is 10.0 Å². The summed E-state index contributed by atoms with van der Waals surface area (Å²) in [6, 6.07) is 3.06. The van der Waals surface area contributed by atoms with Crippen LogP contribution in [0.2, 0.25) is 4.34 Å². The third kappa shape index (κ3) is 4.32. The topological polar surface area (TPSA) is 138 Å². The van der Waals surface area contributed by atoms with Gasteiger partial charge in [-0.2, -0.15) is 14.4 Å². The largest absolute Gasteiger partial charge is 0.340 e. The summed E-state index contributed by atoms with van der Waals surface area (Å²) in [7, 11) is -3.58. The molecule has 4 heterocycles. The summed E-state index contributed by atoms with van der Waals surface area (Å²) in [4.78, 5) is 22.2. The molecule has 0 aromatic carbocycles. The molecular formula is C15H16ClN7O4S2. The molecule has 3 aromatic rings. The van der Waals surface area contributed by atoms with E-state index in [2.05, 4.69) is 25.3 Å². The minimum Gasteiger partial charge on any atom is -0.340 e. The molecule has 0 atom stereocenters. The fraction of sp³-hybridized carbons (Fsp3) is 0.400. The number of aromatic nitrogens is 5. The van der Waals surface area contributed by atoms with Gasteiger partial charge in [0, 0.05) is 39.0 Å². The van der Waals surface area contributed by atoms with Crippen LogP contribution in [-0.2, 0) is 21.2 Å². The van der Waals surface area contributed by atoms with Gasteiger partial charge in [0.05, 0.1) is 4.34 Å². The second-order valence-electron chi connectivity index (χ2n) is 6.19. The van der Waals surface area contributed by atoms with Gasteiger partial charge in [0.25, 0.3) is 10.0 Å². The number of sulfonamides is 1. The van der Waals surface area contributed by atoms with Crippen molar-refractivity contribution in [2.24, 2.45) is 0 Å². The molecule has 14 heteroatoms. The molecule has 0 radical (unpaired) electrons. The van der Waals surface area contributed by atoms with Crippen LogP contribution < -0.4 is 0 Å². The van der Waals surface area contributed by atoms with E-state index in [1.165, 1.54) is 16.7 Å². The van der Waals surface area contributed by atoms with Crippen molar-refractivity contribution in [3.8, 4) is 11.6 Å². The minimum absolute atomic E-state index is 0.0966. The molecule has 1 N–H and O–H groups in total. The summed E-state index contributed by atoms with van der Waals surface area (Å²) < 4.78 is 32.4. The van der Waals surface area contributed by atoms with Gasteiger partial charge in [-0.1, -0.05) is 16.8 Å². The fourth-order valence-corrected chi connectivity index (χ4v) is 5.94. The maximum atomic E-state index is 12.6. The number of nitrogens with one attached hydrogen (secondary N) is 1. The zero-order valence-corrected chi connectivity index (χ0v) is 17.4. The van der Waals surface area contributed by atoms with Crippen molar-refractivity contribution in [3.63, 3.8) is 0 Å². The normalized spacial score (nSPS) is 15.7. The van der Waals surface area contributed by atoms with E-state index in [1.54, 1.807) is 11.0 Å². The number of rotatable bonds is 6. The molecule has 1 amide bonds. The molecule has 0 bridgehead atoms. The first kappa shape index (κ1) is 19.9. The molecule has 1 fully saturated rings. The molecular weight excluding hydrogens is 442 g/mol. The highest BCUT2D eigenvalue weighted by molar-refractivity contribution is 7.91. The number of carbonyl (C=O) groups is 1. The maximum Gasteiger partial charge on any atom is 0.252 e. The van der Waals surface area contributed by atoms with Crippen LogP contribution in [0.5, 0.6) is 0 Å². The van der Waals surface area contributed by atoms with E-state index in [0.717, 1.165) is 11.3 Å². The highest BCUT2D eigenvalue weighted by Crippen LogP contribution is 2.28. The standard InChI is InChI=1S/C15H16ClN7O4S2/c16-10-1-4-13(28-10)29(25,26)23-7-5-22(6-8-23)12(24)3-2-11-19-15(21-27-11)14-17-9-18-20-14/h1,4,9H,2-3,5-8H2,(H,17,18,20). The second-order valence-corrected chi connectivity index (χ2v) is 10.1. The third-order valence-electron chi connectivity index (χ3n) is 4.38. The molecule has 0 unspecified atom stereocenters. The molecule has 1 aliphatic rings. The number of thiophene rings is 1. The molecule has 1 aliphatic heterocycles. The Hall–Kier alpha value is -2.35. The number of piperazine rings is 1. The van der Waals surface area contributed by atoms with Crippen LogP contribution in [0.15, 0.2) is 27.2 Å². The highest BCUT2D eigenvalue weighted by atomic mass is 35.5. The number of carbonyl (C=O) groups excluding carboxylic acids is 1. The van der Waals surface area contributed by atoms with Gasteiger partial charge in [0.2, 0.25) is 17.6 Å². The van der Waals surface area contributed by atoms with Gasteiger partial charge in [-0.05, 0) is 12.1 Å². The SMILES string of the molecule is O=C(CCc1nc(-c2ncn[nH]2)no1)N1CCN(S(=O)(=O)c2ccc(Cl)s2)CC1. The van der Waals surface area contributed by atoms with Gasteiger partial charge >= 0.3 is 0 Å². The van der Waals surface area contributed by atoms with Gasteiger partial charge in [-0.15, -0.1) is 11.3 Å². The van der Waals surface area contributed by atoms with Crippen molar-refractivity contribution < 1.29 is 17.7 Å². The number of aryl methyl sites for hydroxylation is 1. The van der Waals surface area contributed by atoms with E-state index >= 15 is 0 Å². The monoisotopic (exact) mass is 457 g/mol. The molecule has 0 spiro atoms. The number of H-pyrrole nitrogens is 1. The van der Waals surface area contributed by atoms with Crippen LogP contribution in [0.25, 0.3) is 11.6 Å². The lowest BCUT2D eigenvalue weighted by atomic mass is 10.2. The van der Waals surface area contributed by atoms with Crippen molar-refractivity contribution >= 4 is 38.9 Å². The van der Waals surface area contributed by atoms with E-state index in [4.69, 9.17) is 16.1 Å². The maximum absolute atomic E-state index is 12.6. The van der Waals surface area contributed by atoms with Gasteiger partial charge in [0.15, 0.2) is 5.82 Å². The molecule has 0 saturated carbocycles. The highest BCUT2D eigenvalue weighted by Gasteiger charge is 2.31. The lowest BCUT2D eigenvalue weighted by Gasteiger charge is -2.33. The Morgan fingerprint density at radius 1 is 1.28 bits per heavy atom. The van der Waals surface area contributed by atoms with Crippen LogP contribution in [0.1, 0.15) is 12.3 Å². The van der Waals surface area contributed by atoms with Crippen LogP contribution in [0.4, 0.5) is 0 Å². The van der Waals surface area contributed by atoms with Crippen molar-refractivity contribution in [1.29, 1.82) is 0 Å². The van der Waals surface area contributed by atoms with Crippen LogP contribution in [-0.4, -0.2) is 75.0 Å². The van der Waals surface area contributed by atoms with E-state index in [1.807, 2.05) is 0 Å².